The van der Waals surface area contributed by atoms with Crippen LogP contribution in [-0.4, -0.2) is 25.9 Å². The van der Waals surface area contributed by atoms with Gasteiger partial charge in [-0.1, -0.05) is 60.3 Å². The lowest BCUT2D eigenvalue weighted by Crippen LogP contribution is -2.24. The molecule has 0 N–H and O–H groups in total. The molecule has 0 aliphatic heterocycles. The van der Waals surface area contributed by atoms with Gasteiger partial charge in [0.1, 0.15) is 0 Å². The zero-order valence-corrected chi connectivity index (χ0v) is 13.2. The van der Waals surface area contributed by atoms with Crippen LogP contribution in [-0.2, 0) is 9.47 Å². The highest BCUT2D eigenvalue weighted by Gasteiger charge is 2.11. The zero-order chi connectivity index (χ0) is 13.8. The van der Waals surface area contributed by atoms with Gasteiger partial charge in [-0.05, 0) is 18.3 Å². The summed E-state index contributed by atoms with van der Waals surface area (Å²) in [7, 11) is 0. The Hall–Kier alpha value is -0.0800. The highest BCUT2D eigenvalue weighted by atomic mass is 16.5. The lowest BCUT2D eigenvalue weighted by atomic mass is 10.1. The zero-order valence-electron chi connectivity index (χ0n) is 13.2. The maximum absolute atomic E-state index is 5.99. The van der Waals surface area contributed by atoms with Crippen molar-refractivity contribution >= 4 is 0 Å². The fraction of sp³-hybridized carbons (Fsp3) is 1.00. The van der Waals surface area contributed by atoms with Gasteiger partial charge in [0.15, 0.2) is 0 Å². The Morgan fingerprint density at radius 2 is 1.44 bits per heavy atom. The third-order valence-electron chi connectivity index (χ3n) is 3.60. The van der Waals surface area contributed by atoms with Crippen LogP contribution in [0, 0.1) is 11.8 Å². The predicted molar refractivity (Wildman–Crippen MR) is 79.0 cm³/mol. The van der Waals surface area contributed by atoms with Crippen LogP contribution < -0.4 is 0 Å². The Kier molecular flexibility index (Phi) is 11.9. The molecule has 18 heavy (non-hydrogen) atoms. The SMILES string of the molecule is CCCCC(COCC(C)CC)OCC(C)CC. The molecule has 0 heterocycles. The van der Waals surface area contributed by atoms with Gasteiger partial charge in [0.2, 0.25) is 0 Å². The molecule has 3 atom stereocenters. The maximum atomic E-state index is 5.99. The van der Waals surface area contributed by atoms with Crippen LogP contribution in [0.5, 0.6) is 0 Å². The van der Waals surface area contributed by atoms with Crippen molar-refractivity contribution in [3.05, 3.63) is 0 Å². The summed E-state index contributed by atoms with van der Waals surface area (Å²) in [6.07, 6.45) is 6.27. The minimum atomic E-state index is 0.294. The summed E-state index contributed by atoms with van der Waals surface area (Å²) in [5.74, 6) is 1.31. The first-order chi connectivity index (χ1) is 8.63. The van der Waals surface area contributed by atoms with Crippen LogP contribution in [0.25, 0.3) is 0 Å². The second kappa shape index (κ2) is 12.0. The summed E-state index contributed by atoms with van der Waals surface area (Å²) < 4.78 is 11.8. The second-order valence-electron chi connectivity index (χ2n) is 5.66. The molecule has 0 aromatic rings. The average molecular weight is 258 g/mol. The first-order valence-corrected chi connectivity index (χ1v) is 7.83. The number of hydrogen-bond acceptors (Lipinski definition) is 2. The summed E-state index contributed by atoms with van der Waals surface area (Å²) in [5.41, 5.74) is 0. The molecule has 110 valence electrons. The largest absolute Gasteiger partial charge is 0.378 e. The second-order valence-corrected chi connectivity index (χ2v) is 5.66. The molecule has 0 aromatic heterocycles. The van der Waals surface area contributed by atoms with Gasteiger partial charge in [0.25, 0.3) is 0 Å². The fourth-order valence-electron chi connectivity index (χ4n) is 1.58. The van der Waals surface area contributed by atoms with Crippen LogP contribution in [0.3, 0.4) is 0 Å². The van der Waals surface area contributed by atoms with Gasteiger partial charge in [0.05, 0.1) is 12.7 Å². The van der Waals surface area contributed by atoms with Gasteiger partial charge < -0.3 is 9.47 Å². The highest BCUT2D eigenvalue weighted by Crippen LogP contribution is 2.10. The van der Waals surface area contributed by atoms with E-state index in [2.05, 4.69) is 34.6 Å². The van der Waals surface area contributed by atoms with Crippen molar-refractivity contribution in [1.82, 2.24) is 0 Å². The Balaban J connectivity index is 3.83. The molecule has 0 aromatic carbocycles. The van der Waals surface area contributed by atoms with E-state index in [0.29, 0.717) is 17.9 Å². The molecule has 2 nitrogen and oxygen atoms in total. The first kappa shape index (κ1) is 17.9. The van der Waals surface area contributed by atoms with Crippen LogP contribution in [0.4, 0.5) is 0 Å². The molecule has 0 saturated carbocycles. The lowest BCUT2D eigenvalue weighted by Gasteiger charge is -2.21. The summed E-state index contributed by atoms with van der Waals surface area (Å²) in [4.78, 5) is 0. The van der Waals surface area contributed by atoms with E-state index in [0.717, 1.165) is 26.2 Å². The van der Waals surface area contributed by atoms with Crippen molar-refractivity contribution in [3.8, 4) is 0 Å². The quantitative estimate of drug-likeness (QED) is 0.506. The van der Waals surface area contributed by atoms with Crippen LogP contribution in [0.2, 0.25) is 0 Å². The van der Waals surface area contributed by atoms with E-state index in [1.54, 1.807) is 0 Å². The fourth-order valence-corrected chi connectivity index (χ4v) is 1.58. The van der Waals surface area contributed by atoms with Crippen molar-refractivity contribution in [1.29, 1.82) is 0 Å². The monoisotopic (exact) mass is 258 g/mol. The first-order valence-electron chi connectivity index (χ1n) is 7.83. The molecule has 2 heteroatoms. The summed E-state index contributed by atoms with van der Waals surface area (Å²) in [5, 5.41) is 0. The van der Waals surface area contributed by atoms with Gasteiger partial charge in [-0.25, -0.2) is 0 Å². The normalized spacial score (nSPS) is 16.5. The molecule has 0 radical (unpaired) electrons. The van der Waals surface area contributed by atoms with Crippen LogP contribution in [0.1, 0.15) is 66.7 Å². The molecular weight excluding hydrogens is 224 g/mol. The molecule has 0 rings (SSSR count). The number of hydrogen-bond donors (Lipinski definition) is 0. The average Bonchev–Trinajstić information content (AvgIpc) is 2.40. The summed E-state index contributed by atoms with van der Waals surface area (Å²) >= 11 is 0. The van der Waals surface area contributed by atoms with Crippen LogP contribution in [0.15, 0.2) is 0 Å². The Bertz CT molecular complexity index is 170. The minimum absolute atomic E-state index is 0.294. The lowest BCUT2D eigenvalue weighted by molar-refractivity contribution is -0.0382. The summed E-state index contributed by atoms with van der Waals surface area (Å²) in [6.45, 7) is 13.6. The van der Waals surface area contributed by atoms with E-state index >= 15 is 0 Å². The summed E-state index contributed by atoms with van der Waals surface area (Å²) in [6, 6.07) is 0. The Morgan fingerprint density at radius 1 is 0.833 bits per heavy atom. The van der Waals surface area contributed by atoms with E-state index in [9.17, 15) is 0 Å². The van der Waals surface area contributed by atoms with Crippen molar-refractivity contribution < 1.29 is 9.47 Å². The maximum Gasteiger partial charge on any atom is 0.0808 e. The number of rotatable bonds is 12. The standard InChI is InChI=1S/C16H34O2/c1-6-9-10-16(18-12-15(5)8-3)13-17-11-14(4)7-2/h14-16H,6-13H2,1-5H3. The van der Waals surface area contributed by atoms with E-state index in [1.165, 1.54) is 25.7 Å². The van der Waals surface area contributed by atoms with Crippen LogP contribution >= 0.6 is 0 Å². The molecule has 0 saturated heterocycles. The molecule has 0 aliphatic rings. The molecule has 0 amide bonds. The van der Waals surface area contributed by atoms with Crippen molar-refractivity contribution in [2.24, 2.45) is 11.8 Å². The third-order valence-corrected chi connectivity index (χ3v) is 3.60. The van der Waals surface area contributed by atoms with Gasteiger partial charge in [-0.2, -0.15) is 0 Å². The molecule has 0 spiro atoms. The number of unbranched alkanes of at least 4 members (excludes halogenated alkanes) is 1. The highest BCUT2D eigenvalue weighted by molar-refractivity contribution is 4.59. The van der Waals surface area contributed by atoms with Gasteiger partial charge in [0, 0.05) is 13.2 Å². The van der Waals surface area contributed by atoms with Crippen molar-refractivity contribution in [2.75, 3.05) is 19.8 Å². The molecule has 0 aliphatic carbocycles. The minimum Gasteiger partial charge on any atom is -0.378 e. The van der Waals surface area contributed by atoms with E-state index < -0.39 is 0 Å². The molecular formula is C16H34O2. The van der Waals surface area contributed by atoms with E-state index in [-0.39, 0.29) is 0 Å². The van der Waals surface area contributed by atoms with E-state index in [1.807, 2.05) is 0 Å². The number of ether oxygens (including phenoxy) is 2. The van der Waals surface area contributed by atoms with E-state index in [4.69, 9.17) is 9.47 Å². The molecule has 0 fully saturated rings. The van der Waals surface area contributed by atoms with Crippen molar-refractivity contribution in [3.63, 3.8) is 0 Å². The van der Waals surface area contributed by atoms with Gasteiger partial charge in [-0.15, -0.1) is 0 Å². The Labute approximate surface area is 114 Å². The topological polar surface area (TPSA) is 18.5 Å². The third kappa shape index (κ3) is 9.90. The molecule has 0 bridgehead atoms. The Morgan fingerprint density at radius 3 is 2.00 bits per heavy atom. The molecule has 3 unspecified atom stereocenters. The smallest absolute Gasteiger partial charge is 0.0808 e. The van der Waals surface area contributed by atoms with Crippen molar-refractivity contribution in [2.45, 2.75) is 72.8 Å². The van der Waals surface area contributed by atoms with Gasteiger partial charge >= 0.3 is 0 Å². The van der Waals surface area contributed by atoms with Gasteiger partial charge in [-0.3, -0.25) is 0 Å². The predicted octanol–water partition coefficient (Wildman–Crippen LogP) is 4.67.